The van der Waals surface area contributed by atoms with Gasteiger partial charge in [0.05, 0.1) is 10.9 Å². The first-order valence-corrected chi connectivity index (χ1v) is 9.40. The number of hydrogen-bond acceptors (Lipinski definition) is 4. The zero-order valence-electron chi connectivity index (χ0n) is 15.9. The molecule has 0 saturated carbocycles. The number of benzene rings is 2. The summed E-state index contributed by atoms with van der Waals surface area (Å²) in [6.45, 7) is -0.0247. The molecule has 2 aromatic carbocycles. The number of carbonyl (C=O) groups is 2. The Kier molecular flexibility index (Phi) is 6.36. The Morgan fingerprint density at radius 1 is 1.17 bits per heavy atom. The van der Waals surface area contributed by atoms with Crippen LogP contribution in [0.4, 0.5) is 8.78 Å². The SMILES string of the molecule is CNC(=O)C(NC(=O)CCn1c(=S)[nH]c2ccccc2c1=O)c1ccc(F)c(F)c1. The molecule has 1 unspecified atom stereocenters. The molecular formula is C20H18F2N4O3S. The first-order valence-electron chi connectivity index (χ1n) is 8.99. The number of rotatable bonds is 6. The van der Waals surface area contributed by atoms with E-state index >= 15 is 0 Å². The molecule has 3 aromatic rings. The number of carbonyl (C=O) groups excluding carboxylic acids is 2. The van der Waals surface area contributed by atoms with Gasteiger partial charge in [0.1, 0.15) is 6.04 Å². The van der Waals surface area contributed by atoms with E-state index in [9.17, 15) is 23.2 Å². The average Bonchev–Trinajstić information content (AvgIpc) is 2.73. The second-order valence-corrected chi connectivity index (χ2v) is 6.86. The van der Waals surface area contributed by atoms with E-state index in [0.717, 1.165) is 12.1 Å². The second-order valence-electron chi connectivity index (χ2n) is 6.47. The van der Waals surface area contributed by atoms with E-state index in [1.165, 1.54) is 17.7 Å². The zero-order chi connectivity index (χ0) is 21.8. The maximum absolute atomic E-state index is 13.6. The van der Waals surface area contributed by atoms with Crippen molar-refractivity contribution >= 4 is 34.9 Å². The van der Waals surface area contributed by atoms with Crippen LogP contribution in [0.2, 0.25) is 0 Å². The first-order chi connectivity index (χ1) is 14.3. The van der Waals surface area contributed by atoms with Crippen molar-refractivity contribution in [3.8, 4) is 0 Å². The number of nitrogens with zero attached hydrogens (tertiary/aromatic N) is 1. The molecule has 3 rings (SSSR count). The van der Waals surface area contributed by atoms with Gasteiger partial charge in [-0.25, -0.2) is 8.78 Å². The summed E-state index contributed by atoms with van der Waals surface area (Å²) in [5.74, 6) is -3.37. The van der Waals surface area contributed by atoms with Crippen LogP contribution >= 0.6 is 12.2 Å². The molecular weight excluding hydrogens is 414 g/mol. The number of nitrogens with one attached hydrogen (secondary N) is 3. The van der Waals surface area contributed by atoms with Gasteiger partial charge in [0.25, 0.3) is 5.56 Å². The van der Waals surface area contributed by atoms with Gasteiger partial charge in [0.2, 0.25) is 11.8 Å². The summed E-state index contributed by atoms with van der Waals surface area (Å²) in [7, 11) is 1.36. The van der Waals surface area contributed by atoms with Gasteiger partial charge in [0.15, 0.2) is 16.4 Å². The molecule has 1 aromatic heterocycles. The van der Waals surface area contributed by atoms with E-state index in [-0.39, 0.29) is 28.9 Å². The minimum absolute atomic E-state index is 0.0247. The second kappa shape index (κ2) is 8.95. The molecule has 1 heterocycles. The van der Waals surface area contributed by atoms with Crippen molar-refractivity contribution in [2.75, 3.05) is 7.05 Å². The van der Waals surface area contributed by atoms with E-state index in [2.05, 4.69) is 15.6 Å². The maximum atomic E-state index is 13.6. The number of aromatic amines is 1. The largest absolute Gasteiger partial charge is 0.357 e. The van der Waals surface area contributed by atoms with E-state index in [1.54, 1.807) is 24.3 Å². The topological polar surface area (TPSA) is 96.0 Å². The Morgan fingerprint density at radius 3 is 2.60 bits per heavy atom. The van der Waals surface area contributed by atoms with Crippen molar-refractivity contribution in [2.24, 2.45) is 0 Å². The van der Waals surface area contributed by atoms with Crippen LogP contribution in [0.3, 0.4) is 0 Å². The van der Waals surface area contributed by atoms with Crippen LogP contribution in [-0.4, -0.2) is 28.4 Å². The highest BCUT2D eigenvalue weighted by atomic mass is 32.1. The summed E-state index contributed by atoms with van der Waals surface area (Å²) in [4.78, 5) is 40.2. The summed E-state index contributed by atoms with van der Waals surface area (Å²) >= 11 is 5.20. The van der Waals surface area contributed by atoms with Crippen LogP contribution in [0.5, 0.6) is 0 Å². The number of likely N-dealkylation sites (N-methyl/N-ethyl adjacent to an activating group) is 1. The third kappa shape index (κ3) is 4.43. The molecule has 0 aliphatic carbocycles. The minimum Gasteiger partial charge on any atom is -0.357 e. The number of hydrogen-bond donors (Lipinski definition) is 3. The summed E-state index contributed by atoms with van der Waals surface area (Å²) < 4.78 is 28.2. The molecule has 0 radical (unpaired) electrons. The lowest BCUT2D eigenvalue weighted by Crippen LogP contribution is -2.39. The lowest BCUT2D eigenvalue weighted by molar-refractivity contribution is -0.129. The van der Waals surface area contributed by atoms with Gasteiger partial charge in [-0.1, -0.05) is 18.2 Å². The highest BCUT2D eigenvalue weighted by Crippen LogP contribution is 2.17. The van der Waals surface area contributed by atoms with Crippen LogP contribution in [0.25, 0.3) is 10.9 Å². The predicted octanol–water partition coefficient (Wildman–Crippen LogP) is 2.33. The van der Waals surface area contributed by atoms with Crippen LogP contribution in [0.15, 0.2) is 47.3 Å². The molecule has 7 nitrogen and oxygen atoms in total. The van der Waals surface area contributed by atoms with Crippen molar-refractivity contribution in [3.63, 3.8) is 0 Å². The van der Waals surface area contributed by atoms with E-state index in [1.807, 2.05) is 0 Å². The molecule has 1 atom stereocenters. The molecule has 30 heavy (non-hydrogen) atoms. The quantitative estimate of drug-likeness (QED) is 0.521. The monoisotopic (exact) mass is 432 g/mol. The first kappa shape index (κ1) is 21.3. The normalized spacial score (nSPS) is 11.8. The van der Waals surface area contributed by atoms with Crippen molar-refractivity contribution in [3.05, 3.63) is 74.8 Å². The van der Waals surface area contributed by atoms with Crippen molar-refractivity contribution < 1.29 is 18.4 Å². The van der Waals surface area contributed by atoms with Gasteiger partial charge >= 0.3 is 0 Å². The minimum atomic E-state index is -1.22. The Bertz CT molecular complexity index is 1240. The number of amides is 2. The summed E-state index contributed by atoms with van der Waals surface area (Å²) in [6.07, 6.45) is -0.160. The molecule has 0 saturated heterocycles. The molecule has 2 amide bonds. The van der Waals surface area contributed by atoms with Gasteiger partial charge in [0, 0.05) is 20.0 Å². The molecule has 0 fully saturated rings. The Labute approximate surface area is 174 Å². The fourth-order valence-corrected chi connectivity index (χ4v) is 3.27. The number of halogens is 2. The summed E-state index contributed by atoms with van der Waals surface area (Å²) in [6, 6.07) is 8.56. The molecule has 3 N–H and O–H groups in total. The van der Waals surface area contributed by atoms with Crippen LogP contribution in [0, 0.1) is 16.4 Å². The van der Waals surface area contributed by atoms with Gasteiger partial charge in [-0.05, 0) is 42.0 Å². The maximum Gasteiger partial charge on any atom is 0.262 e. The zero-order valence-corrected chi connectivity index (χ0v) is 16.7. The highest BCUT2D eigenvalue weighted by Gasteiger charge is 2.23. The van der Waals surface area contributed by atoms with Gasteiger partial charge in [-0.3, -0.25) is 19.0 Å². The number of para-hydroxylation sites is 1. The third-order valence-corrected chi connectivity index (χ3v) is 4.87. The Hall–Kier alpha value is -3.40. The Morgan fingerprint density at radius 2 is 1.90 bits per heavy atom. The lowest BCUT2D eigenvalue weighted by Gasteiger charge is -2.18. The summed E-state index contributed by atoms with van der Waals surface area (Å²) in [5, 5.41) is 5.27. The standard InChI is InChI=1S/C20H18F2N4O3S/c1-23-18(28)17(11-6-7-13(21)14(22)10-11)25-16(27)8-9-26-19(29)12-4-2-3-5-15(12)24-20(26)30/h2-7,10,17H,8-9H2,1H3,(H,23,28)(H,24,30)(H,25,27). The van der Waals surface area contributed by atoms with Crippen LogP contribution in [-0.2, 0) is 16.1 Å². The molecule has 10 heteroatoms. The van der Waals surface area contributed by atoms with Crippen molar-refractivity contribution in [1.82, 2.24) is 20.2 Å². The van der Waals surface area contributed by atoms with Crippen molar-refractivity contribution in [2.45, 2.75) is 19.0 Å². The van der Waals surface area contributed by atoms with E-state index in [0.29, 0.717) is 10.9 Å². The van der Waals surface area contributed by atoms with Gasteiger partial charge in [-0.2, -0.15) is 0 Å². The molecule has 0 spiro atoms. The molecule has 0 aliphatic rings. The predicted molar refractivity (Wildman–Crippen MR) is 109 cm³/mol. The molecule has 0 bridgehead atoms. The fourth-order valence-electron chi connectivity index (χ4n) is 2.99. The Balaban J connectivity index is 1.79. The number of aromatic nitrogens is 2. The van der Waals surface area contributed by atoms with Crippen molar-refractivity contribution in [1.29, 1.82) is 0 Å². The summed E-state index contributed by atoms with van der Waals surface area (Å²) in [5.41, 5.74) is 0.332. The smallest absolute Gasteiger partial charge is 0.262 e. The molecule has 0 aliphatic heterocycles. The lowest BCUT2D eigenvalue weighted by atomic mass is 10.1. The van der Waals surface area contributed by atoms with E-state index in [4.69, 9.17) is 12.2 Å². The number of fused-ring (bicyclic) bond motifs is 1. The number of H-pyrrole nitrogens is 1. The highest BCUT2D eigenvalue weighted by molar-refractivity contribution is 7.71. The van der Waals surface area contributed by atoms with Gasteiger partial charge < -0.3 is 15.6 Å². The van der Waals surface area contributed by atoms with E-state index < -0.39 is 29.5 Å². The molecule has 156 valence electrons. The van der Waals surface area contributed by atoms with Crippen LogP contribution < -0.4 is 16.2 Å². The third-order valence-electron chi connectivity index (χ3n) is 4.54. The van der Waals surface area contributed by atoms with Crippen LogP contribution in [0.1, 0.15) is 18.0 Å². The fraction of sp³-hybridized carbons (Fsp3) is 0.200. The average molecular weight is 432 g/mol. The van der Waals surface area contributed by atoms with Gasteiger partial charge in [-0.15, -0.1) is 0 Å².